The lowest BCUT2D eigenvalue weighted by atomic mass is 10.2. The van der Waals surface area contributed by atoms with Gasteiger partial charge < -0.3 is 14.8 Å². The van der Waals surface area contributed by atoms with E-state index in [9.17, 15) is 0 Å². The van der Waals surface area contributed by atoms with Crippen LogP contribution in [0, 0.1) is 6.92 Å². The molecule has 0 saturated carbocycles. The standard InChI is InChI=1S/C18H20N6O2/c1-11-9-20-16-8-14(11)26-12(2)5-7-25-18-13(10-21-24(18)3)17-19-6-4-15(22-16)23-17/h4,6,8-10,12H,5,7H2,1-3H3,(H,19,20,22,23)/t12-/m0/s1. The van der Waals surface area contributed by atoms with Gasteiger partial charge in [0.2, 0.25) is 5.88 Å². The molecule has 0 fully saturated rings. The van der Waals surface area contributed by atoms with E-state index in [1.807, 2.05) is 27.0 Å². The highest BCUT2D eigenvalue weighted by Gasteiger charge is 2.17. The monoisotopic (exact) mass is 352 g/mol. The van der Waals surface area contributed by atoms with Gasteiger partial charge in [-0.1, -0.05) is 0 Å². The molecule has 0 aromatic carbocycles. The topological polar surface area (TPSA) is 87.0 Å². The summed E-state index contributed by atoms with van der Waals surface area (Å²) in [5, 5.41) is 7.49. The number of rotatable bonds is 0. The maximum absolute atomic E-state index is 6.07. The summed E-state index contributed by atoms with van der Waals surface area (Å²) in [5.41, 5.74) is 1.73. The van der Waals surface area contributed by atoms with Gasteiger partial charge in [-0.25, -0.2) is 19.6 Å². The second-order valence-corrected chi connectivity index (χ2v) is 6.28. The van der Waals surface area contributed by atoms with Gasteiger partial charge >= 0.3 is 0 Å². The fourth-order valence-electron chi connectivity index (χ4n) is 2.74. The van der Waals surface area contributed by atoms with Gasteiger partial charge in [0.25, 0.3) is 0 Å². The molecule has 8 heteroatoms. The van der Waals surface area contributed by atoms with Crippen LogP contribution in [0.4, 0.5) is 11.6 Å². The van der Waals surface area contributed by atoms with Crippen LogP contribution >= 0.6 is 0 Å². The van der Waals surface area contributed by atoms with Gasteiger partial charge in [0.15, 0.2) is 5.82 Å². The predicted molar refractivity (Wildman–Crippen MR) is 96.7 cm³/mol. The van der Waals surface area contributed by atoms with Crippen molar-refractivity contribution >= 4 is 11.6 Å². The van der Waals surface area contributed by atoms with E-state index in [1.54, 1.807) is 29.3 Å². The van der Waals surface area contributed by atoms with E-state index >= 15 is 0 Å². The van der Waals surface area contributed by atoms with E-state index in [0.717, 1.165) is 23.3 Å². The maximum atomic E-state index is 6.07. The van der Waals surface area contributed by atoms with Crippen LogP contribution in [0.5, 0.6) is 11.6 Å². The van der Waals surface area contributed by atoms with E-state index in [0.29, 0.717) is 29.9 Å². The Balaban J connectivity index is 1.78. The van der Waals surface area contributed by atoms with Crippen molar-refractivity contribution in [1.29, 1.82) is 0 Å². The van der Waals surface area contributed by atoms with Crippen LogP contribution < -0.4 is 14.8 Å². The molecular formula is C18H20N6O2. The van der Waals surface area contributed by atoms with Crippen molar-refractivity contribution in [3.8, 4) is 23.0 Å². The zero-order chi connectivity index (χ0) is 18.1. The molecular weight excluding hydrogens is 332 g/mol. The average molecular weight is 352 g/mol. The van der Waals surface area contributed by atoms with Crippen LogP contribution in [-0.2, 0) is 7.05 Å². The molecule has 8 nitrogen and oxygen atoms in total. The molecule has 3 aromatic rings. The van der Waals surface area contributed by atoms with Crippen molar-refractivity contribution in [1.82, 2.24) is 24.7 Å². The van der Waals surface area contributed by atoms with Crippen LogP contribution in [0.25, 0.3) is 11.4 Å². The average Bonchev–Trinajstić information content (AvgIpc) is 2.98. The lowest BCUT2D eigenvalue weighted by molar-refractivity contribution is 0.171. The molecule has 0 spiro atoms. The first-order chi connectivity index (χ1) is 12.6. The Morgan fingerprint density at radius 1 is 1.23 bits per heavy atom. The minimum absolute atomic E-state index is 0.00218. The molecule has 0 radical (unpaired) electrons. The number of anilines is 2. The van der Waals surface area contributed by atoms with Crippen LogP contribution in [0.15, 0.2) is 30.7 Å². The van der Waals surface area contributed by atoms with Gasteiger partial charge in [0.05, 0.1) is 18.9 Å². The van der Waals surface area contributed by atoms with E-state index in [-0.39, 0.29) is 6.10 Å². The fraction of sp³-hybridized carbons (Fsp3) is 0.333. The first-order valence-corrected chi connectivity index (χ1v) is 8.48. The normalized spacial score (nSPS) is 16.5. The minimum atomic E-state index is -0.00218. The molecule has 1 N–H and O–H groups in total. The Kier molecular flexibility index (Phi) is 4.16. The molecule has 0 amide bonds. The van der Waals surface area contributed by atoms with Crippen molar-refractivity contribution in [3.05, 3.63) is 36.3 Å². The second-order valence-electron chi connectivity index (χ2n) is 6.28. The zero-order valence-electron chi connectivity index (χ0n) is 14.9. The number of hydrogen-bond donors (Lipinski definition) is 1. The van der Waals surface area contributed by atoms with Crippen molar-refractivity contribution < 1.29 is 9.47 Å². The highest BCUT2D eigenvalue weighted by atomic mass is 16.5. The van der Waals surface area contributed by atoms with Crippen molar-refractivity contribution in [2.45, 2.75) is 26.4 Å². The number of ether oxygens (including phenoxy) is 2. The molecule has 3 aromatic heterocycles. The molecule has 4 bridgehead atoms. The van der Waals surface area contributed by atoms with E-state index in [2.05, 4.69) is 25.4 Å². The SMILES string of the molecule is Cc1cnc2cc1O[C@@H](C)CCOc1c(cnn1C)-c1nccc(n1)N2. The summed E-state index contributed by atoms with van der Waals surface area (Å²) in [6, 6.07) is 3.67. The Labute approximate surface area is 151 Å². The molecule has 0 unspecified atom stereocenters. The molecule has 0 aliphatic carbocycles. The largest absolute Gasteiger partial charge is 0.490 e. The summed E-state index contributed by atoms with van der Waals surface area (Å²) in [6.07, 6.45) is 5.92. The molecule has 26 heavy (non-hydrogen) atoms. The van der Waals surface area contributed by atoms with E-state index in [1.165, 1.54) is 0 Å². The lowest BCUT2D eigenvalue weighted by Gasteiger charge is -2.18. The number of nitrogens with one attached hydrogen (secondary N) is 1. The fourth-order valence-corrected chi connectivity index (χ4v) is 2.74. The number of nitrogens with zero attached hydrogens (tertiary/aromatic N) is 5. The van der Waals surface area contributed by atoms with Gasteiger partial charge in [-0.3, -0.25) is 0 Å². The van der Waals surface area contributed by atoms with Crippen LogP contribution in [0.1, 0.15) is 18.9 Å². The summed E-state index contributed by atoms with van der Waals surface area (Å²) in [6.45, 7) is 4.50. The summed E-state index contributed by atoms with van der Waals surface area (Å²) in [4.78, 5) is 13.3. The molecule has 0 saturated heterocycles. The quantitative estimate of drug-likeness (QED) is 0.665. The highest BCUT2D eigenvalue weighted by molar-refractivity contribution is 5.64. The predicted octanol–water partition coefficient (Wildman–Crippen LogP) is 2.87. The van der Waals surface area contributed by atoms with E-state index in [4.69, 9.17) is 9.47 Å². The van der Waals surface area contributed by atoms with Gasteiger partial charge in [-0.15, -0.1) is 0 Å². The Morgan fingerprint density at radius 2 is 2.12 bits per heavy atom. The molecule has 4 rings (SSSR count). The zero-order valence-corrected chi connectivity index (χ0v) is 14.9. The van der Waals surface area contributed by atoms with Crippen LogP contribution in [0.2, 0.25) is 0 Å². The Bertz CT molecular complexity index is 939. The number of fused-ring (bicyclic) bond motifs is 6. The number of hydrogen-bond acceptors (Lipinski definition) is 7. The summed E-state index contributed by atoms with van der Waals surface area (Å²) in [7, 11) is 1.84. The number of aromatic nitrogens is 5. The van der Waals surface area contributed by atoms with Crippen molar-refractivity contribution in [2.24, 2.45) is 7.05 Å². The van der Waals surface area contributed by atoms with Gasteiger partial charge in [0.1, 0.15) is 22.9 Å². The third-order valence-corrected chi connectivity index (χ3v) is 4.18. The van der Waals surface area contributed by atoms with Gasteiger partial charge in [0, 0.05) is 37.5 Å². The minimum Gasteiger partial charge on any atom is -0.490 e. The van der Waals surface area contributed by atoms with Gasteiger partial charge in [-0.2, -0.15) is 5.10 Å². The summed E-state index contributed by atoms with van der Waals surface area (Å²) < 4.78 is 13.7. The molecule has 1 aliphatic heterocycles. The van der Waals surface area contributed by atoms with Crippen LogP contribution in [-0.4, -0.2) is 37.4 Å². The lowest BCUT2D eigenvalue weighted by Crippen LogP contribution is -2.17. The van der Waals surface area contributed by atoms with Crippen molar-refractivity contribution in [3.63, 3.8) is 0 Å². The van der Waals surface area contributed by atoms with Crippen molar-refractivity contribution in [2.75, 3.05) is 11.9 Å². The number of pyridine rings is 1. The smallest absolute Gasteiger partial charge is 0.222 e. The highest BCUT2D eigenvalue weighted by Crippen LogP contribution is 2.29. The first kappa shape index (κ1) is 16.3. The first-order valence-electron chi connectivity index (χ1n) is 8.48. The Morgan fingerprint density at radius 3 is 3.00 bits per heavy atom. The summed E-state index contributed by atoms with van der Waals surface area (Å²) in [5.74, 6) is 3.29. The third-order valence-electron chi connectivity index (χ3n) is 4.18. The Hall–Kier alpha value is -3.16. The molecule has 1 aliphatic rings. The molecule has 1 atom stereocenters. The van der Waals surface area contributed by atoms with E-state index < -0.39 is 0 Å². The summed E-state index contributed by atoms with van der Waals surface area (Å²) >= 11 is 0. The second kappa shape index (κ2) is 6.62. The molecule has 4 heterocycles. The molecule has 134 valence electrons. The van der Waals surface area contributed by atoms with Crippen LogP contribution in [0.3, 0.4) is 0 Å². The maximum Gasteiger partial charge on any atom is 0.222 e. The third kappa shape index (κ3) is 3.17. The van der Waals surface area contributed by atoms with Gasteiger partial charge in [-0.05, 0) is 19.9 Å². The number of aryl methyl sites for hydroxylation is 2.